The Morgan fingerprint density at radius 2 is 1.68 bits per heavy atom. The van der Waals surface area contributed by atoms with Crippen LogP contribution >= 0.6 is 0 Å². The Balaban J connectivity index is 2.03. The Kier molecular flexibility index (Phi) is 5.83. The zero-order valence-electron chi connectivity index (χ0n) is 13.7. The van der Waals surface area contributed by atoms with Crippen molar-refractivity contribution >= 4 is 10.2 Å². The second kappa shape index (κ2) is 7.44. The summed E-state index contributed by atoms with van der Waals surface area (Å²) in [5.41, 5.74) is 0.948. The van der Waals surface area contributed by atoms with Crippen LogP contribution in [-0.4, -0.2) is 44.3 Å². The Morgan fingerprint density at radius 1 is 1.09 bits per heavy atom. The van der Waals surface area contributed by atoms with E-state index in [9.17, 15) is 8.42 Å². The van der Waals surface area contributed by atoms with Crippen molar-refractivity contribution in [3.05, 3.63) is 29.8 Å². The summed E-state index contributed by atoms with van der Waals surface area (Å²) >= 11 is 0. The van der Waals surface area contributed by atoms with Crippen LogP contribution in [0.5, 0.6) is 5.75 Å². The second-order valence-electron chi connectivity index (χ2n) is 5.92. The van der Waals surface area contributed by atoms with Gasteiger partial charge in [-0.25, -0.2) is 0 Å². The molecule has 1 aromatic rings. The van der Waals surface area contributed by atoms with Crippen LogP contribution in [0.1, 0.15) is 37.7 Å². The van der Waals surface area contributed by atoms with E-state index in [4.69, 9.17) is 4.74 Å². The van der Waals surface area contributed by atoms with Crippen molar-refractivity contribution in [2.75, 3.05) is 21.2 Å². The molecule has 0 spiro atoms. The minimum Gasteiger partial charge on any atom is -0.497 e. The number of hydrogen-bond acceptors (Lipinski definition) is 3. The molecule has 1 fully saturated rings. The number of benzene rings is 1. The normalized spacial score (nSPS) is 17.1. The number of ether oxygens (including phenoxy) is 1. The number of hydrogen-bond donors (Lipinski definition) is 0. The highest BCUT2D eigenvalue weighted by Gasteiger charge is 2.30. The number of methoxy groups -OCH3 is 1. The largest absolute Gasteiger partial charge is 0.497 e. The molecule has 0 atom stereocenters. The first-order chi connectivity index (χ1) is 10.4. The van der Waals surface area contributed by atoms with Crippen molar-refractivity contribution in [3.63, 3.8) is 0 Å². The molecule has 0 radical (unpaired) electrons. The van der Waals surface area contributed by atoms with Crippen LogP contribution in [0, 0.1) is 0 Å². The molecule has 0 bridgehead atoms. The van der Waals surface area contributed by atoms with E-state index in [1.165, 1.54) is 10.7 Å². The van der Waals surface area contributed by atoms with Crippen LogP contribution in [0.4, 0.5) is 0 Å². The lowest BCUT2D eigenvalue weighted by Gasteiger charge is -2.33. The fourth-order valence-corrected chi connectivity index (χ4v) is 4.26. The van der Waals surface area contributed by atoms with Gasteiger partial charge >= 0.3 is 0 Å². The molecular weight excluding hydrogens is 300 g/mol. The van der Waals surface area contributed by atoms with Crippen LogP contribution in [0.25, 0.3) is 0 Å². The van der Waals surface area contributed by atoms with Gasteiger partial charge in [0.1, 0.15) is 5.75 Å². The lowest BCUT2D eigenvalue weighted by molar-refractivity contribution is 0.268. The van der Waals surface area contributed by atoms with E-state index in [1.54, 1.807) is 25.5 Å². The van der Waals surface area contributed by atoms with Gasteiger partial charge in [-0.05, 0) is 30.5 Å². The highest BCUT2D eigenvalue weighted by molar-refractivity contribution is 7.86. The second-order valence-corrected chi connectivity index (χ2v) is 8.01. The van der Waals surface area contributed by atoms with Crippen molar-refractivity contribution in [3.8, 4) is 5.75 Å². The average Bonchev–Trinajstić information content (AvgIpc) is 2.55. The Morgan fingerprint density at radius 3 is 2.23 bits per heavy atom. The van der Waals surface area contributed by atoms with E-state index < -0.39 is 10.2 Å². The lowest BCUT2D eigenvalue weighted by atomic mass is 9.96. The summed E-state index contributed by atoms with van der Waals surface area (Å²) in [6.07, 6.45) is 5.38. The fraction of sp³-hybridized carbons (Fsp3) is 0.625. The molecule has 0 aliphatic heterocycles. The lowest BCUT2D eigenvalue weighted by Crippen LogP contribution is -2.45. The van der Waals surface area contributed by atoms with Crippen LogP contribution in [-0.2, 0) is 16.8 Å². The van der Waals surface area contributed by atoms with Crippen LogP contribution < -0.4 is 4.74 Å². The zero-order valence-corrected chi connectivity index (χ0v) is 14.5. The molecule has 0 N–H and O–H groups in total. The molecule has 1 saturated carbocycles. The fourth-order valence-electron chi connectivity index (χ4n) is 2.92. The maximum atomic E-state index is 12.7. The average molecular weight is 326 g/mol. The molecule has 0 amide bonds. The Hall–Kier alpha value is -1.11. The van der Waals surface area contributed by atoms with E-state index in [-0.39, 0.29) is 6.04 Å². The molecule has 1 aromatic carbocycles. The monoisotopic (exact) mass is 326 g/mol. The van der Waals surface area contributed by atoms with E-state index >= 15 is 0 Å². The third-order valence-electron chi connectivity index (χ3n) is 4.41. The zero-order chi connectivity index (χ0) is 16.2. The van der Waals surface area contributed by atoms with Crippen LogP contribution in [0.3, 0.4) is 0 Å². The van der Waals surface area contributed by atoms with Gasteiger partial charge in [0.2, 0.25) is 0 Å². The highest BCUT2D eigenvalue weighted by atomic mass is 32.2. The minimum absolute atomic E-state index is 0.136. The molecule has 1 aliphatic carbocycles. The molecule has 22 heavy (non-hydrogen) atoms. The van der Waals surface area contributed by atoms with Crippen molar-refractivity contribution in [1.82, 2.24) is 8.61 Å². The minimum atomic E-state index is -3.42. The first-order valence-corrected chi connectivity index (χ1v) is 9.17. The van der Waals surface area contributed by atoms with Crippen molar-refractivity contribution in [2.24, 2.45) is 0 Å². The topological polar surface area (TPSA) is 49.9 Å². The van der Waals surface area contributed by atoms with Gasteiger partial charge in [-0.1, -0.05) is 31.4 Å². The summed E-state index contributed by atoms with van der Waals surface area (Å²) in [4.78, 5) is 0. The molecule has 0 unspecified atom stereocenters. The van der Waals surface area contributed by atoms with Gasteiger partial charge in [0.15, 0.2) is 0 Å². The Labute approximate surface area is 134 Å². The molecule has 6 heteroatoms. The number of rotatable bonds is 6. The van der Waals surface area contributed by atoms with Crippen molar-refractivity contribution in [2.45, 2.75) is 44.7 Å². The van der Waals surface area contributed by atoms with Crippen molar-refractivity contribution < 1.29 is 13.2 Å². The van der Waals surface area contributed by atoms with Gasteiger partial charge in [-0.15, -0.1) is 0 Å². The molecule has 124 valence electrons. The summed E-state index contributed by atoms with van der Waals surface area (Å²) in [5.74, 6) is 0.772. The maximum absolute atomic E-state index is 12.7. The van der Waals surface area contributed by atoms with E-state index in [2.05, 4.69) is 0 Å². The summed E-state index contributed by atoms with van der Waals surface area (Å²) in [6, 6.07) is 7.62. The molecule has 0 aromatic heterocycles. The third kappa shape index (κ3) is 4.00. The molecule has 1 aliphatic rings. The first-order valence-electron chi connectivity index (χ1n) is 7.77. The standard InChI is InChI=1S/C16H26N2O3S/c1-17(13-14-9-11-16(21-3)12-10-14)22(19,20)18(2)15-7-5-4-6-8-15/h9-12,15H,4-8,13H2,1-3H3. The Bertz CT molecular complexity index is 566. The van der Waals surface area contributed by atoms with E-state index in [1.807, 2.05) is 24.3 Å². The van der Waals surface area contributed by atoms with Gasteiger partial charge < -0.3 is 4.74 Å². The summed E-state index contributed by atoms with van der Waals surface area (Å²) in [5, 5.41) is 0. The van der Waals surface area contributed by atoms with Gasteiger partial charge in [0.05, 0.1) is 7.11 Å². The highest BCUT2D eigenvalue weighted by Crippen LogP contribution is 2.25. The summed E-state index contributed by atoms with van der Waals surface area (Å²) in [6.45, 7) is 0.364. The molecular formula is C16H26N2O3S. The molecule has 0 saturated heterocycles. The SMILES string of the molecule is COc1ccc(CN(C)S(=O)(=O)N(C)C2CCCCC2)cc1. The first kappa shape index (κ1) is 17.2. The quantitative estimate of drug-likeness (QED) is 0.807. The van der Waals surface area contributed by atoms with Gasteiger partial charge in [-0.2, -0.15) is 17.0 Å². The van der Waals surface area contributed by atoms with Gasteiger partial charge in [-0.3, -0.25) is 0 Å². The van der Waals surface area contributed by atoms with Gasteiger partial charge in [0, 0.05) is 26.7 Å². The third-order valence-corrected chi connectivity index (χ3v) is 6.35. The van der Waals surface area contributed by atoms with Crippen LogP contribution in [0.2, 0.25) is 0 Å². The number of nitrogens with zero attached hydrogens (tertiary/aromatic N) is 2. The van der Waals surface area contributed by atoms with Crippen molar-refractivity contribution in [1.29, 1.82) is 0 Å². The van der Waals surface area contributed by atoms with E-state index in [0.29, 0.717) is 6.54 Å². The summed E-state index contributed by atoms with van der Waals surface area (Å²) < 4.78 is 33.5. The molecule has 0 heterocycles. The smallest absolute Gasteiger partial charge is 0.282 e. The van der Waals surface area contributed by atoms with E-state index in [0.717, 1.165) is 37.0 Å². The summed E-state index contributed by atoms with van der Waals surface area (Å²) in [7, 11) is 1.54. The molecule has 2 rings (SSSR count). The van der Waals surface area contributed by atoms with Gasteiger partial charge in [0.25, 0.3) is 10.2 Å². The maximum Gasteiger partial charge on any atom is 0.282 e. The molecule has 5 nitrogen and oxygen atoms in total. The predicted molar refractivity (Wildman–Crippen MR) is 88.0 cm³/mol. The van der Waals surface area contributed by atoms with Crippen LogP contribution in [0.15, 0.2) is 24.3 Å². The predicted octanol–water partition coefficient (Wildman–Crippen LogP) is 2.64.